The molecule has 1 aliphatic carbocycles. The first-order valence-corrected chi connectivity index (χ1v) is 7.95. The van der Waals surface area contributed by atoms with Crippen LogP contribution in [0.5, 0.6) is 0 Å². The Hall–Kier alpha value is -2.54. The molecule has 126 valence electrons. The highest BCUT2D eigenvalue weighted by Crippen LogP contribution is 2.27. The van der Waals surface area contributed by atoms with Crippen molar-refractivity contribution in [2.75, 3.05) is 17.2 Å². The molecular formula is C16H17ClN4O3. The average Bonchev–Trinajstić information content (AvgIpc) is 3.30. The lowest BCUT2D eigenvalue weighted by atomic mass is 10.3. The highest BCUT2D eigenvalue weighted by Gasteiger charge is 2.34. The number of amides is 3. The van der Waals surface area contributed by atoms with E-state index in [1.54, 1.807) is 37.3 Å². The average molecular weight is 349 g/mol. The SMILES string of the molecule is Cc1cc(NC(=O)CN(C(=O)Nc2ccc(Cl)cc2)C2CC2)no1. The summed E-state index contributed by atoms with van der Waals surface area (Å²) >= 11 is 5.83. The number of urea groups is 1. The molecule has 1 aliphatic rings. The number of aryl methyl sites for hydroxylation is 1. The number of carbonyl (C=O) groups excluding carboxylic acids is 2. The molecule has 1 aromatic heterocycles. The Morgan fingerprint density at radius 1 is 1.29 bits per heavy atom. The number of hydrogen-bond donors (Lipinski definition) is 2. The van der Waals surface area contributed by atoms with Crippen LogP contribution in [0.25, 0.3) is 0 Å². The van der Waals surface area contributed by atoms with Crippen LogP contribution in [0.2, 0.25) is 5.02 Å². The van der Waals surface area contributed by atoms with Crippen molar-refractivity contribution < 1.29 is 14.1 Å². The van der Waals surface area contributed by atoms with Crippen LogP contribution in [0.1, 0.15) is 18.6 Å². The number of rotatable bonds is 5. The van der Waals surface area contributed by atoms with Crippen LogP contribution in [0, 0.1) is 6.92 Å². The zero-order valence-corrected chi connectivity index (χ0v) is 13.8. The lowest BCUT2D eigenvalue weighted by molar-refractivity contribution is -0.116. The van der Waals surface area contributed by atoms with Gasteiger partial charge >= 0.3 is 6.03 Å². The Balaban J connectivity index is 1.60. The van der Waals surface area contributed by atoms with Crippen LogP contribution in [0.4, 0.5) is 16.3 Å². The summed E-state index contributed by atoms with van der Waals surface area (Å²) in [5.74, 6) is 0.623. The minimum absolute atomic E-state index is 0.0456. The van der Waals surface area contributed by atoms with Crippen LogP contribution in [0.3, 0.4) is 0 Å². The fourth-order valence-corrected chi connectivity index (χ4v) is 2.37. The van der Waals surface area contributed by atoms with Crippen molar-refractivity contribution in [3.63, 3.8) is 0 Å². The third-order valence-corrected chi connectivity index (χ3v) is 3.81. The first-order chi connectivity index (χ1) is 11.5. The summed E-state index contributed by atoms with van der Waals surface area (Å²) in [7, 11) is 0. The summed E-state index contributed by atoms with van der Waals surface area (Å²) in [4.78, 5) is 26.1. The van der Waals surface area contributed by atoms with E-state index >= 15 is 0 Å². The van der Waals surface area contributed by atoms with E-state index in [2.05, 4.69) is 15.8 Å². The maximum absolute atomic E-state index is 12.4. The molecule has 1 heterocycles. The molecule has 8 heteroatoms. The fraction of sp³-hybridized carbons (Fsp3) is 0.312. The van der Waals surface area contributed by atoms with Crippen molar-refractivity contribution in [3.8, 4) is 0 Å². The van der Waals surface area contributed by atoms with Crippen molar-refractivity contribution in [3.05, 3.63) is 41.1 Å². The number of nitrogens with zero attached hydrogens (tertiary/aromatic N) is 2. The summed E-state index contributed by atoms with van der Waals surface area (Å²) in [6.45, 7) is 1.69. The summed E-state index contributed by atoms with van der Waals surface area (Å²) in [6.07, 6.45) is 1.79. The molecule has 7 nitrogen and oxygen atoms in total. The smallest absolute Gasteiger partial charge is 0.322 e. The number of nitrogens with one attached hydrogen (secondary N) is 2. The number of hydrogen-bond acceptors (Lipinski definition) is 4. The Morgan fingerprint density at radius 3 is 2.58 bits per heavy atom. The van der Waals surface area contributed by atoms with Gasteiger partial charge in [-0.2, -0.15) is 0 Å². The summed E-state index contributed by atoms with van der Waals surface area (Å²) in [5, 5.41) is 9.70. The van der Waals surface area contributed by atoms with Gasteiger partial charge in [-0.15, -0.1) is 0 Å². The third kappa shape index (κ3) is 4.26. The Bertz CT molecular complexity index is 740. The Morgan fingerprint density at radius 2 is 2.00 bits per heavy atom. The van der Waals surface area contributed by atoms with Crippen molar-refractivity contribution in [1.29, 1.82) is 0 Å². The molecule has 0 radical (unpaired) electrons. The van der Waals surface area contributed by atoms with E-state index in [1.807, 2.05) is 0 Å². The van der Waals surface area contributed by atoms with Gasteiger partial charge in [-0.3, -0.25) is 4.79 Å². The first kappa shape index (κ1) is 16.3. The van der Waals surface area contributed by atoms with Gasteiger partial charge in [0.1, 0.15) is 12.3 Å². The molecule has 1 aromatic carbocycles. The van der Waals surface area contributed by atoms with Gasteiger partial charge in [0.2, 0.25) is 5.91 Å². The van der Waals surface area contributed by atoms with Crippen molar-refractivity contribution in [2.24, 2.45) is 0 Å². The molecule has 0 aliphatic heterocycles. The van der Waals surface area contributed by atoms with Crippen molar-refractivity contribution >= 4 is 35.0 Å². The van der Waals surface area contributed by atoms with Gasteiger partial charge in [-0.1, -0.05) is 16.8 Å². The molecule has 0 bridgehead atoms. The van der Waals surface area contributed by atoms with Crippen LogP contribution in [-0.4, -0.2) is 34.6 Å². The molecule has 2 N–H and O–H groups in total. The molecule has 0 unspecified atom stereocenters. The van der Waals surface area contributed by atoms with E-state index in [9.17, 15) is 9.59 Å². The molecule has 0 saturated heterocycles. The second-order valence-electron chi connectivity index (χ2n) is 5.67. The van der Waals surface area contributed by atoms with Crippen LogP contribution >= 0.6 is 11.6 Å². The molecule has 3 rings (SSSR count). The van der Waals surface area contributed by atoms with Gasteiger partial charge in [0.25, 0.3) is 0 Å². The molecule has 3 amide bonds. The molecule has 0 spiro atoms. The molecule has 1 fully saturated rings. The van der Waals surface area contributed by atoms with E-state index in [0.29, 0.717) is 22.3 Å². The third-order valence-electron chi connectivity index (χ3n) is 3.55. The van der Waals surface area contributed by atoms with E-state index in [0.717, 1.165) is 12.8 Å². The van der Waals surface area contributed by atoms with Gasteiger partial charge in [-0.05, 0) is 44.0 Å². The topological polar surface area (TPSA) is 87.5 Å². The first-order valence-electron chi connectivity index (χ1n) is 7.57. The summed E-state index contributed by atoms with van der Waals surface area (Å²) in [6, 6.07) is 8.20. The van der Waals surface area contributed by atoms with Crippen LogP contribution in [0.15, 0.2) is 34.9 Å². The lowest BCUT2D eigenvalue weighted by Gasteiger charge is -2.22. The minimum atomic E-state index is -0.318. The number of aromatic nitrogens is 1. The monoisotopic (exact) mass is 348 g/mol. The molecule has 2 aromatic rings. The summed E-state index contributed by atoms with van der Waals surface area (Å²) < 4.78 is 4.90. The van der Waals surface area contributed by atoms with Gasteiger partial charge < -0.3 is 20.1 Å². The molecule has 24 heavy (non-hydrogen) atoms. The Labute approximate surface area is 143 Å². The fourth-order valence-electron chi connectivity index (χ4n) is 2.24. The predicted octanol–water partition coefficient (Wildman–Crippen LogP) is 3.27. The predicted molar refractivity (Wildman–Crippen MR) is 90.1 cm³/mol. The second-order valence-corrected chi connectivity index (χ2v) is 6.10. The highest BCUT2D eigenvalue weighted by molar-refractivity contribution is 6.30. The standard InChI is InChI=1S/C16H17ClN4O3/c1-10-8-14(20-24-10)19-15(22)9-21(13-6-7-13)16(23)18-12-4-2-11(17)3-5-12/h2-5,8,13H,6-7,9H2,1H3,(H,18,23)(H,19,20,22). The van der Waals surface area contributed by atoms with E-state index in [4.69, 9.17) is 16.1 Å². The molecule has 0 atom stereocenters. The zero-order chi connectivity index (χ0) is 17.1. The van der Waals surface area contributed by atoms with Gasteiger partial charge in [0, 0.05) is 22.8 Å². The second kappa shape index (κ2) is 6.92. The summed E-state index contributed by atoms with van der Waals surface area (Å²) in [5.41, 5.74) is 0.627. The van der Waals surface area contributed by atoms with E-state index in [1.165, 1.54) is 4.90 Å². The minimum Gasteiger partial charge on any atom is -0.360 e. The van der Waals surface area contributed by atoms with E-state index in [-0.39, 0.29) is 24.5 Å². The molecular weight excluding hydrogens is 332 g/mol. The largest absolute Gasteiger partial charge is 0.360 e. The van der Waals surface area contributed by atoms with Crippen molar-refractivity contribution in [2.45, 2.75) is 25.8 Å². The highest BCUT2D eigenvalue weighted by atomic mass is 35.5. The molecule has 1 saturated carbocycles. The normalized spacial score (nSPS) is 13.4. The number of carbonyl (C=O) groups is 2. The number of halogens is 1. The zero-order valence-electron chi connectivity index (χ0n) is 13.1. The lowest BCUT2D eigenvalue weighted by Crippen LogP contribution is -2.42. The van der Waals surface area contributed by atoms with Gasteiger partial charge in [-0.25, -0.2) is 4.79 Å². The van der Waals surface area contributed by atoms with Crippen molar-refractivity contribution in [1.82, 2.24) is 10.1 Å². The van der Waals surface area contributed by atoms with Crippen LogP contribution < -0.4 is 10.6 Å². The quantitative estimate of drug-likeness (QED) is 0.868. The van der Waals surface area contributed by atoms with Gasteiger partial charge in [0.15, 0.2) is 5.82 Å². The maximum Gasteiger partial charge on any atom is 0.322 e. The van der Waals surface area contributed by atoms with Gasteiger partial charge in [0.05, 0.1) is 0 Å². The Kier molecular flexibility index (Phi) is 4.71. The maximum atomic E-state index is 12.4. The van der Waals surface area contributed by atoms with E-state index < -0.39 is 0 Å². The number of anilines is 2. The van der Waals surface area contributed by atoms with Crippen LogP contribution in [-0.2, 0) is 4.79 Å². The number of benzene rings is 1.